The zero-order valence-corrected chi connectivity index (χ0v) is 10.5. The number of hydrogen-bond donors (Lipinski definition) is 3. The minimum Gasteiger partial charge on any atom is -0.384 e. The summed E-state index contributed by atoms with van der Waals surface area (Å²) in [5.74, 6) is 0.607. The first-order chi connectivity index (χ1) is 8.24. The van der Waals surface area contributed by atoms with Crippen molar-refractivity contribution in [2.45, 2.75) is 52.0 Å². The molecule has 1 amide bonds. The van der Waals surface area contributed by atoms with Gasteiger partial charge in [0.15, 0.2) is 0 Å². The summed E-state index contributed by atoms with van der Waals surface area (Å²) in [4.78, 5) is 11.5. The third-order valence-corrected chi connectivity index (χ3v) is 2.73. The molecule has 1 heterocycles. The Morgan fingerprint density at radius 3 is 2.82 bits per heavy atom. The predicted octanol–water partition coefficient (Wildman–Crippen LogP) is 1.97. The molecule has 4 N–H and O–H groups in total. The first kappa shape index (κ1) is 13.5. The molecule has 1 aromatic heterocycles. The maximum atomic E-state index is 11.5. The lowest BCUT2D eigenvalue weighted by molar-refractivity contribution is -0.121. The van der Waals surface area contributed by atoms with Crippen LogP contribution < -0.4 is 11.1 Å². The maximum Gasteiger partial charge on any atom is 0.220 e. The second-order valence-electron chi connectivity index (χ2n) is 4.25. The lowest BCUT2D eigenvalue weighted by Gasteiger charge is -2.04. The highest BCUT2D eigenvalue weighted by Gasteiger charge is 2.04. The number of nitrogens with one attached hydrogen (secondary N) is 2. The molecule has 0 radical (unpaired) electrons. The molecule has 0 fully saturated rings. The van der Waals surface area contributed by atoms with Crippen LogP contribution in [-0.2, 0) is 11.3 Å². The maximum absolute atomic E-state index is 11.5. The SMILES string of the molecule is CCCCCCCC(=O)NCc1cn[nH]c1N. The normalized spacial score (nSPS) is 10.4. The molecular weight excluding hydrogens is 216 g/mol. The Morgan fingerprint density at radius 1 is 1.41 bits per heavy atom. The predicted molar refractivity (Wildman–Crippen MR) is 68.2 cm³/mol. The van der Waals surface area contributed by atoms with Gasteiger partial charge in [-0.3, -0.25) is 9.89 Å². The van der Waals surface area contributed by atoms with Crippen LogP contribution in [0.4, 0.5) is 5.82 Å². The van der Waals surface area contributed by atoms with Gasteiger partial charge < -0.3 is 11.1 Å². The van der Waals surface area contributed by atoms with Gasteiger partial charge >= 0.3 is 0 Å². The highest BCUT2D eigenvalue weighted by Crippen LogP contribution is 2.07. The van der Waals surface area contributed by atoms with Crippen LogP contribution in [0.3, 0.4) is 0 Å². The van der Waals surface area contributed by atoms with Gasteiger partial charge in [-0.05, 0) is 6.42 Å². The molecule has 96 valence electrons. The number of unbranched alkanes of at least 4 members (excludes halogenated alkanes) is 4. The third kappa shape index (κ3) is 5.38. The molecule has 0 atom stereocenters. The van der Waals surface area contributed by atoms with Gasteiger partial charge in [0.2, 0.25) is 5.91 Å². The van der Waals surface area contributed by atoms with E-state index in [1.165, 1.54) is 19.3 Å². The lowest BCUT2D eigenvalue weighted by atomic mass is 10.1. The summed E-state index contributed by atoms with van der Waals surface area (Å²) in [5.41, 5.74) is 6.45. The fourth-order valence-corrected chi connectivity index (χ4v) is 1.63. The van der Waals surface area contributed by atoms with Crippen LogP contribution in [0.25, 0.3) is 0 Å². The number of nitrogens with two attached hydrogens (primary N) is 1. The van der Waals surface area contributed by atoms with Gasteiger partial charge in [-0.2, -0.15) is 5.10 Å². The molecule has 17 heavy (non-hydrogen) atoms. The third-order valence-electron chi connectivity index (χ3n) is 2.73. The van der Waals surface area contributed by atoms with Crippen LogP contribution in [0.15, 0.2) is 6.20 Å². The number of aromatic nitrogens is 2. The Kier molecular flexibility index (Phi) is 6.14. The Labute approximate surface area is 102 Å². The van der Waals surface area contributed by atoms with Crippen molar-refractivity contribution in [3.05, 3.63) is 11.8 Å². The fraction of sp³-hybridized carbons (Fsp3) is 0.667. The molecule has 0 spiro atoms. The molecule has 0 aliphatic carbocycles. The molecule has 0 aromatic carbocycles. The lowest BCUT2D eigenvalue weighted by Crippen LogP contribution is -2.22. The van der Waals surface area contributed by atoms with Gasteiger partial charge in [0.05, 0.1) is 6.20 Å². The molecule has 0 aliphatic rings. The summed E-state index contributed by atoms with van der Waals surface area (Å²) >= 11 is 0. The molecule has 0 aliphatic heterocycles. The fourth-order valence-electron chi connectivity index (χ4n) is 1.63. The van der Waals surface area contributed by atoms with Crippen molar-refractivity contribution in [2.24, 2.45) is 0 Å². The van der Waals surface area contributed by atoms with Crippen molar-refractivity contribution in [2.75, 3.05) is 5.73 Å². The molecule has 5 heteroatoms. The summed E-state index contributed by atoms with van der Waals surface area (Å²) in [6.45, 7) is 2.64. The van der Waals surface area contributed by atoms with Crippen LogP contribution in [0.2, 0.25) is 0 Å². The van der Waals surface area contributed by atoms with E-state index in [9.17, 15) is 4.79 Å². The van der Waals surface area contributed by atoms with Crippen LogP contribution in [0, 0.1) is 0 Å². The minimum absolute atomic E-state index is 0.0853. The first-order valence-corrected chi connectivity index (χ1v) is 6.28. The van der Waals surface area contributed by atoms with Gasteiger partial charge in [0.25, 0.3) is 0 Å². The van der Waals surface area contributed by atoms with Crippen molar-refractivity contribution in [1.82, 2.24) is 15.5 Å². The van der Waals surface area contributed by atoms with Crippen molar-refractivity contribution in [3.63, 3.8) is 0 Å². The number of carbonyl (C=O) groups is 1. The molecule has 0 bridgehead atoms. The quantitative estimate of drug-likeness (QED) is 0.605. The van der Waals surface area contributed by atoms with Crippen LogP contribution in [-0.4, -0.2) is 16.1 Å². The number of H-pyrrole nitrogens is 1. The standard InChI is InChI=1S/C12H22N4O/c1-2-3-4-5-6-7-11(17)14-8-10-9-15-16-12(10)13/h9H,2-8H2,1H3,(H,14,17)(H3,13,15,16). The van der Waals surface area contributed by atoms with E-state index >= 15 is 0 Å². The Morgan fingerprint density at radius 2 is 2.18 bits per heavy atom. The number of amides is 1. The van der Waals surface area contributed by atoms with E-state index in [-0.39, 0.29) is 5.91 Å². The highest BCUT2D eigenvalue weighted by atomic mass is 16.1. The van der Waals surface area contributed by atoms with Gasteiger partial charge in [0, 0.05) is 18.5 Å². The van der Waals surface area contributed by atoms with Gasteiger partial charge in [-0.15, -0.1) is 0 Å². The summed E-state index contributed by atoms with van der Waals surface area (Å²) < 4.78 is 0. The van der Waals surface area contributed by atoms with Crippen LogP contribution in [0.5, 0.6) is 0 Å². The highest BCUT2D eigenvalue weighted by molar-refractivity contribution is 5.75. The molecular formula is C12H22N4O. The Hall–Kier alpha value is -1.52. The largest absolute Gasteiger partial charge is 0.384 e. The number of anilines is 1. The number of rotatable bonds is 8. The Balaban J connectivity index is 2.07. The van der Waals surface area contributed by atoms with Crippen molar-refractivity contribution < 1.29 is 4.79 Å². The number of nitrogen functional groups attached to an aromatic ring is 1. The van der Waals surface area contributed by atoms with Gasteiger partial charge in [0.1, 0.15) is 5.82 Å². The molecule has 0 unspecified atom stereocenters. The Bertz CT molecular complexity index is 335. The summed E-state index contributed by atoms with van der Waals surface area (Å²) in [5, 5.41) is 9.27. The van der Waals surface area contributed by atoms with E-state index in [1.807, 2.05) is 0 Å². The van der Waals surface area contributed by atoms with E-state index in [0.29, 0.717) is 18.8 Å². The van der Waals surface area contributed by atoms with Crippen molar-refractivity contribution in [3.8, 4) is 0 Å². The van der Waals surface area contributed by atoms with E-state index in [1.54, 1.807) is 6.20 Å². The van der Waals surface area contributed by atoms with Crippen molar-refractivity contribution in [1.29, 1.82) is 0 Å². The number of hydrogen-bond acceptors (Lipinski definition) is 3. The van der Waals surface area contributed by atoms with Crippen LogP contribution in [0.1, 0.15) is 51.0 Å². The molecule has 5 nitrogen and oxygen atoms in total. The second-order valence-corrected chi connectivity index (χ2v) is 4.25. The van der Waals surface area contributed by atoms with E-state index in [4.69, 9.17) is 5.73 Å². The van der Waals surface area contributed by atoms with E-state index in [2.05, 4.69) is 22.4 Å². The average molecular weight is 238 g/mol. The average Bonchev–Trinajstić information content (AvgIpc) is 2.72. The molecule has 1 aromatic rings. The monoisotopic (exact) mass is 238 g/mol. The molecule has 1 rings (SSSR count). The van der Waals surface area contributed by atoms with Crippen LogP contribution >= 0.6 is 0 Å². The van der Waals surface area contributed by atoms with Crippen molar-refractivity contribution >= 4 is 11.7 Å². The summed E-state index contributed by atoms with van der Waals surface area (Å²) in [6.07, 6.45) is 8.04. The number of aromatic amines is 1. The molecule has 0 saturated heterocycles. The second kappa shape index (κ2) is 7.70. The molecule has 0 saturated carbocycles. The zero-order chi connectivity index (χ0) is 12.5. The first-order valence-electron chi connectivity index (χ1n) is 6.28. The van der Waals surface area contributed by atoms with Gasteiger partial charge in [-0.25, -0.2) is 0 Å². The van der Waals surface area contributed by atoms with E-state index in [0.717, 1.165) is 18.4 Å². The smallest absolute Gasteiger partial charge is 0.220 e. The summed E-state index contributed by atoms with van der Waals surface area (Å²) in [6, 6.07) is 0. The summed E-state index contributed by atoms with van der Waals surface area (Å²) in [7, 11) is 0. The zero-order valence-electron chi connectivity index (χ0n) is 10.5. The van der Waals surface area contributed by atoms with Gasteiger partial charge in [-0.1, -0.05) is 32.6 Å². The number of nitrogens with zero attached hydrogens (tertiary/aromatic N) is 1. The number of carbonyl (C=O) groups excluding carboxylic acids is 1. The minimum atomic E-state index is 0.0853. The topological polar surface area (TPSA) is 83.8 Å². The van der Waals surface area contributed by atoms with E-state index < -0.39 is 0 Å².